The molecule has 0 fully saturated rings. The van der Waals surface area contributed by atoms with Crippen molar-refractivity contribution in [1.29, 1.82) is 0 Å². The molecule has 0 radical (unpaired) electrons. The maximum absolute atomic E-state index is 14.0. The lowest BCUT2D eigenvalue weighted by Gasteiger charge is -2.32. The topological polar surface area (TPSA) is 49.4 Å². The molecule has 4 nitrogen and oxygen atoms in total. The first-order chi connectivity index (χ1) is 17.3. The van der Waals surface area contributed by atoms with Crippen molar-refractivity contribution in [3.63, 3.8) is 0 Å². The first-order valence-corrected chi connectivity index (χ1v) is 13.2. The van der Waals surface area contributed by atoms with E-state index < -0.39 is 6.04 Å². The molecule has 3 aromatic carbocycles. The highest BCUT2D eigenvalue weighted by Gasteiger charge is 2.31. The molecular formula is C30H34Cl2N2O2. The second-order valence-corrected chi connectivity index (χ2v) is 10.2. The summed E-state index contributed by atoms with van der Waals surface area (Å²) in [6.45, 7) is 6.69. The number of carbonyl (C=O) groups excluding carboxylic acids is 2. The van der Waals surface area contributed by atoms with Gasteiger partial charge in [-0.15, -0.1) is 0 Å². The van der Waals surface area contributed by atoms with Gasteiger partial charge in [0.05, 0.1) is 0 Å². The molecular weight excluding hydrogens is 491 g/mol. The van der Waals surface area contributed by atoms with E-state index in [1.54, 1.807) is 23.1 Å². The zero-order valence-corrected chi connectivity index (χ0v) is 22.6. The Labute approximate surface area is 224 Å². The van der Waals surface area contributed by atoms with Crippen LogP contribution in [0.1, 0.15) is 56.2 Å². The smallest absolute Gasteiger partial charge is 0.242 e. The number of amides is 2. The van der Waals surface area contributed by atoms with Crippen molar-refractivity contribution in [2.24, 2.45) is 5.92 Å². The summed E-state index contributed by atoms with van der Waals surface area (Å²) in [5, 5.41) is 3.95. The van der Waals surface area contributed by atoms with E-state index in [0.29, 0.717) is 34.5 Å². The monoisotopic (exact) mass is 524 g/mol. The maximum Gasteiger partial charge on any atom is 0.242 e. The fourth-order valence-electron chi connectivity index (χ4n) is 4.29. The summed E-state index contributed by atoms with van der Waals surface area (Å²) in [5.41, 5.74) is 2.73. The molecule has 3 rings (SSSR count). The highest BCUT2D eigenvalue weighted by atomic mass is 35.5. The van der Waals surface area contributed by atoms with Crippen LogP contribution in [0.4, 0.5) is 0 Å². The number of hydrogen-bond donors (Lipinski definition) is 1. The molecule has 1 N–H and O–H groups in total. The Kier molecular flexibility index (Phi) is 10.4. The van der Waals surface area contributed by atoms with E-state index in [-0.39, 0.29) is 30.7 Å². The molecule has 0 bridgehead atoms. The average molecular weight is 526 g/mol. The van der Waals surface area contributed by atoms with Gasteiger partial charge < -0.3 is 10.2 Å². The first-order valence-electron chi connectivity index (χ1n) is 12.4. The molecule has 6 heteroatoms. The van der Waals surface area contributed by atoms with Gasteiger partial charge in [0.2, 0.25) is 11.8 Å². The third kappa shape index (κ3) is 7.35. The van der Waals surface area contributed by atoms with Crippen molar-refractivity contribution >= 4 is 35.0 Å². The molecule has 2 amide bonds. The molecule has 0 aliphatic heterocycles. The van der Waals surface area contributed by atoms with E-state index >= 15 is 0 Å². The van der Waals surface area contributed by atoms with Crippen LogP contribution in [-0.4, -0.2) is 29.3 Å². The van der Waals surface area contributed by atoms with Gasteiger partial charge in [-0.3, -0.25) is 9.59 Å². The SMILES string of the molecule is CC[C@H](C(=O)NCC(C)C)N(Cc1c(Cl)cccc1Cl)C(=O)CC(c1ccccc1)c1ccccc1. The van der Waals surface area contributed by atoms with Gasteiger partial charge in [0, 0.05) is 41.0 Å². The molecule has 0 aliphatic rings. The largest absolute Gasteiger partial charge is 0.354 e. The standard InChI is InChI=1S/C30H34Cl2N2O2/c1-4-28(30(36)33-19-21(2)3)34(20-25-26(31)16-11-17-27(25)32)29(35)18-24(22-12-7-5-8-13-22)23-14-9-6-10-15-23/h5-17,21,24,28H,4,18-20H2,1-3H3,(H,33,36)/t28-/m1/s1. The van der Waals surface area contributed by atoms with Gasteiger partial charge >= 0.3 is 0 Å². The summed E-state index contributed by atoms with van der Waals surface area (Å²) in [4.78, 5) is 28.9. The summed E-state index contributed by atoms with van der Waals surface area (Å²) >= 11 is 13.0. The van der Waals surface area contributed by atoms with Crippen molar-refractivity contribution < 1.29 is 9.59 Å². The number of halogens is 2. The average Bonchev–Trinajstić information content (AvgIpc) is 2.88. The molecule has 1 atom stereocenters. The van der Waals surface area contributed by atoms with E-state index in [0.717, 1.165) is 11.1 Å². The fraction of sp³-hybridized carbons (Fsp3) is 0.333. The van der Waals surface area contributed by atoms with Crippen molar-refractivity contribution in [3.05, 3.63) is 106 Å². The maximum atomic E-state index is 14.0. The van der Waals surface area contributed by atoms with Crippen LogP contribution >= 0.6 is 23.2 Å². The summed E-state index contributed by atoms with van der Waals surface area (Å²) in [6.07, 6.45) is 0.684. The van der Waals surface area contributed by atoms with Gasteiger partial charge in [0.1, 0.15) is 6.04 Å². The number of nitrogens with one attached hydrogen (secondary N) is 1. The Bertz CT molecular complexity index is 1080. The predicted molar refractivity (Wildman–Crippen MR) is 148 cm³/mol. The molecule has 3 aromatic rings. The Morgan fingerprint density at radius 2 is 1.36 bits per heavy atom. The fourth-order valence-corrected chi connectivity index (χ4v) is 4.80. The molecule has 0 aliphatic carbocycles. The number of carbonyl (C=O) groups is 2. The van der Waals surface area contributed by atoms with E-state index in [9.17, 15) is 9.59 Å². The number of nitrogens with zero attached hydrogens (tertiary/aromatic N) is 1. The summed E-state index contributed by atoms with van der Waals surface area (Å²) in [5.74, 6) is -0.150. The normalized spacial score (nSPS) is 12.0. The van der Waals surface area contributed by atoms with E-state index in [1.165, 1.54) is 0 Å². The Balaban J connectivity index is 1.98. The highest BCUT2D eigenvalue weighted by molar-refractivity contribution is 6.36. The van der Waals surface area contributed by atoms with Gasteiger partial charge in [0.25, 0.3) is 0 Å². The number of benzene rings is 3. The number of rotatable bonds is 11. The van der Waals surface area contributed by atoms with Crippen LogP contribution in [-0.2, 0) is 16.1 Å². The molecule has 0 aromatic heterocycles. The van der Waals surface area contributed by atoms with Crippen LogP contribution in [0.2, 0.25) is 10.0 Å². The van der Waals surface area contributed by atoms with Gasteiger partial charge in [-0.1, -0.05) is 111 Å². The van der Waals surface area contributed by atoms with Crippen LogP contribution < -0.4 is 5.32 Å². The third-order valence-corrected chi connectivity index (χ3v) is 6.95. The zero-order chi connectivity index (χ0) is 26.1. The van der Waals surface area contributed by atoms with E-state index in [2.05, 4.69) is 5.32 Å². The minimum Gasteiger partial charge on any atom is -0.354 e. The van der Waals surface area contributed by atoms with Crippen LogP contribution in [0.25, 0.3) is 0 Å². The van der Waals surface area contributed by atoms with Crippen molar-refractivity contribution in [2.75, 3.05) is 6.54 Å². The molecule has 0 saturated heterocycles. The molecule has 36 heavy (non-hydrogen) atoms. The van der Waals surface area contributed by atoms with Gasteiger partial charge in [0.15, 0.2) is 0 Å². The summed E-state index contributed by atoms with van der Waals surface area (Å²) in [7, 11) is 0. The van der Waals surface area contributed by atoms with Gasteiger partial charge in [-0.05, 0) is 35.6 Å². The Hall–Kier alpha value is -2.82. The lowest BCUT2D eigenvalue weighted by atomic mass is 9.88. The van der Waals surface area contributed by atoms with Crippen LogP contribution in [0, 0.1) is 5.92 Å². The van der Waals surface area contributed by atoms with E-state index in [4.69, 9.17) is 23.2 Å². The minimum atomic E-state index is -0.643. The van der Waals surface area contributed by atoms with Crippen LogP contribution in [0.5, 0.6) is 0 Å². The van der Waals surface area contributed by atoms with Crippen molar-refractivity contribution in [1.82, 2.24) is 10.2 Å². The number of hydrogen-bond acceptors (Lipinski definition) is 2. The Morgan fingerprint density at radius 1 is 0.833 bits per heavy atom. The molecule has 0 spiro atoms. The summed E-state index contributed by atoms with van der Waals surface area (Å²) < 4.78 is 0. The van der Waals surface area contributed by atoms with Crippen LogP contribution in [0.15, 0.2) is 78.9 Å². The van der Waals surface area contributed by atoms with Crippen LogP contribution in [0.3, 0.4) is 0 Å². The molecule has 0 saturated carbocycles. The van der Waals surface area contributed by atoms with Crippen molar-refractivity contribution in [2.45, 2.75) is 52.1 Å². The zero-order valence-electron chi connectivity index (χ0n) is 21.1. The first kappa shape index (κ1) is 27.8. The minimum absolute atomic E-state index is 0.129. The van der Waals surface area contributed by atoms with E-state index in [1.807, 2.05) is 81.4 Å². The summed E-state index contributed by atoms with van der Waals surface area (Å²) in [6, 6.07) is 24.6. The second-order valence-electron chi connectivity index (χ2n) is 9.36. The second kappa shape index (κ2) is 13.5. The molecule has 190 valence electrons. The van der Waals surface area contributed by atoms with Crippen molar-refractivity contribution in [3.8, 4) is 0 Å². The lowest BCUT2D eigenvalue weighted by Crippen LogP contribution is -2.49. The predicted octanol–water partition coefficient (Wildman–Crippen LogP) is 7.10. The lowest BCUT2D eigenvalue weighted by molar-refractivity contribution is -0.141. The molecule has 0 unspecified atom stereocenters. The third-order valence-electron chi connectivity index (χ3n) is 6.24. The highest BCUT2D eigenvalue weighted by Crippen LogP contribution is 2.31. The van der Waals surface area contributed by atoms with Gasteiger partial charge in [-0.2, -0.15) is 0 Å². The Morgan fingerprint density at radius 3 is 1.83 bits per heavy atom. The molecule has 0 heterocycles. The quantitative estimate of drug-likeness (QED) is 0.291. The van der Waals surface area contributed by atoms with Gasteiger partial charge in [-0.25, -0.2) is 0 Å².